The van der Waals surface area contributed by atoms with Crippen LogP contribution in [0.1, 0.15) is 38.7 Å². The third-order valence-electron chi connectivity index (χ3n) is 4.52. The monoisotopic (exact) mass is 304 g/mol. The van der Waals surface area contributed by atoms with E-state index in [4.69, 9.17) is 4.74 Å². The summed E-state index contributed by atoms with van der Waals surface area (Å²) >= 11 is 0. The van der Waals surface area contributed by atoms with Crippen LogP contribution in [0.4, 0.5) is 0 Å². The van der Waals surface area contributed by atoms with Crippen LogP contribution in [-0.2, 0) is 11.3 Å². The Labute approximate surface area is 133 Å². The summed E-state index contributed by atoms with van der Waals surface area (Å²) in [6, 6.07) is 8.51. The number of piperidine rings is 1. The zero-order valence-electron chi connectivity index (χ0n) is 14.0. The zero-order valence-corrected chi connectivity index (χ0v) is 14.0. The maximum Gasteiger partial charge on any atom is 0.223 e. The van der Waals surface area contributed by atoms with Crippen LogP contribution in [0.15, 0.2) is 24.3 Å². The Morgan fingerprint density at radius 1 is 1.32 bits per heavy atom. The van der Waals surface area contributed by atoms with Crippen molar-refractivity contribution in [2.24, 2.45) is 5.92 Å². The molecule has 0 bridgehead atoms. The molecule has 122 valence electrons. The van der Waals surface area contributed by atoms with Crippen LogP contribution in [0.2, 0.25) is 0 Å². The van der Waals surface area contributed by atoms with E-state index in [1.54, 1.807) is 7.11 Å². The molecule has 0 saturated carbocycles. The van der Waals surface area contributed by atoms with Gasteiger partial charge in [0.05, 0.1) is 7.11 Å². The lowest BCUT2D eigenvalue weighted by atomic mass is 9.95. The topological polar surface area (TPSA) is 41.6 Å². The van der Waals surface area contributed by atoms with E-state index in [1.807, 2.05) is 12.1 Å². The first kappa shape index (κ1) is 16.8. The molecule has 1 aromatic carbocycles. The summed E-state index contributed by atoms with van der Waals surface area (Å²) in [5.74, 6) is 1.31. The van der Waals surface area contributed by atoms with E-state index in [0.29, 0.717) is 0 Å². The van der Waals surface area contributed by atoms with Gasteiger partial charge in [0.25, 0.3) is 0 Å². The Morgan fingerprint density at radius 2 is 1.95 bits per heavy atom. The van der Waals surface area contributed by atoms with E-state index < -0.39 is 0 Å². The quantitative estimate of drug-likeness (QED) is 0.878. The van der Waals surface area contributed by atoms with Gasteiger partial charge in [-0.3, -0.25) is 9.69 Å². The molecular weight excluding hydrogens is 276 g/mol. The highest BCUT2D eigenvalue weighted by Crippen LogP contribution is 2.20. The Morgan fingerprint density at radius 3 is 2.50 bits per heavy atom. The first-order valence-corrected chi connectivity index (χ1v) is 8.28. The normalized spacial score (nSPS) is 18.0. The van der Waals surface area contributed by atoms with Gasteiger partial charge >= 0.3 is 0 Å². The van der Waals surface area contributed by atoms with Crippen molar-refractivity contribution in [3.05, 3.63) is 29.8 Å². The van der Waals surface area contributed by atoms with Gasteiger partial charge in [-0.2, -0.15) is 0 Å². The molecule has 1 aliphatic rings. The standard InChI is InChI=1S/C18H28N2O2/c1-4-14(2)19-18(21)16-9-11-20(12-10-16)13-15-5-7-17(22-3)8-6-15/h5-8,14,16H,4,9-13H2,1-3H3,(H,19,21)/t14-/m1/s1. The molecule has 2 rings (SSSR count). The number of amides is 1. The molecule has 0 radical (unpaired) electrons. The maximum absolute atomic E-state index is 12.2. The van der Waals surface area contributed by atoms with Gasteiger partial charge in [0.15, 0.2) is 0 Å². The summed E-state index contributed by atoms with van der Waals surface area (Å²) < 4.78 is 5.18. The van der Waals surface area contributed by atoms with Crippen molar-refractivity contribution in [3.63, 3.8) is 0 Å². The van der Waals surface area contributed by atoms with Crippen molar-refractivity contribution < 1.29 is 9.53 Å². The Balaban J connectivity index is 1.77. The Hall–Kier alpha value is -1.55. The molecule has 4 heteroatoms. The van der Waals surface area contributed by atoms with Gasteiger partial charge in [-0.25, -0.2) is 0 Å². The van der Waals surface area contributed by atoms with E-state index in [-0.39, 0.29) is 17.9 Å². The molecule has 1 heterocycles. The number of hydrogen-bond acceptors (Lipinski definition) is 3. The van der Waals surface area contributed by atoms with E-state index >= 15 is 0 Å². The van der Waals surface area contributed by atoms with E-state index in [2.05, 4.69) is 36.2 Å². The second kappa shape index (κ2) is 8.18. The van der Waals surface area contributed by atoms with Crippen molar-refractivity contribution in [2.75, 3.05) is 20.2 Å². The maximum atomic E-state index is 12.2. The summed E-state index contributed by atoms with van der Waals surface area (Å²) in [5, 5.41) is 3.11. The molecule has 1 amide bonds. The smallest absolute Gasteiger partial charge is 0.223 e. The van der Waals surface area contributed by atoms with Crippen LogP contribution in [0.5, 0.6) is 5.75 Å². The fourth-order valence-corrected chi connectivity index (χ4v) is 2.81. The molecule has 1 fully saturated rings. The molecule has 0 unspecified atom stereocenters. The van der Waals surface area contributed by atoms with Gasteiger partial charge in [0.1, 0.15) is 5.75 Å². The molecule has 1 atom stereocenters. The van der Waals surface area contributed by atoms with Gasteiger partial charge < -0.3 is 10.1 Å². The molecule has 1 saturated heterocycles. The van der Waals surface area contributed by atoms with Gasteiger partial charge in [0, 0.05) is 18.5 Å². The van der Waals surface area contributed by atoms with Crippen LogP contribution >= 0.6 is 0 Å². The van der Waals surface area contributed by atoms with Gasteiger partial charge in [-0.05, 0) is 57.0 Å². The highest BCUT2D eigenvalue weighted by atomic mass is 16.5. The number of carbonyl (C=O) groups excluding carboxylic acids is 1. The van der Waals surface area contributed by atoms with Crippen molar-refractivity contribution in [3.8, 4) is 5.75 Å². The molecule has 0 spiro atoms. The number of carbonyl (C=O) groups is 1. The first-order chi connectivity index (χ1) is 10.6. The van der Waals surface area contributed by atoms with E-state index in [0.717, 1.165) is 44.6 Å². The van der Waals surface area contributed by atoms with Crippen LogP contribution in [0, 0.1) is 5.92 Å². The molecule has 0 aliphatic carbocycles. The third-order valence-corrected chi connectivity index (χ3v) is 4.52. The van der Waals surface area contributed by atoms with Crippen LogP contribution in [-0.4, -0.2) is 37.0 Å². The van der Waals surface area contributed by atoms with Gasteiger partial charge in [-0.1, -0.05) is 19.1 Å². The minimum absolute atomic E-state index is 0.182. The lowest BCUT2D eigenvalue weighted by Gasteiger charge is -2.31. The molecule has 1 aliphatic heterocycles. The average molecular weight is 304 g/mol. The van der Waals surface area contributed by atoms with E-state index in [9.17, 15) is 4.79 Å². The highest BCUT2D eigenvalue weighted by molar-refractivity contribution is 5.79. The Bertz CT molecular complexity index is 464. The van der Waals surface area contributed by atoms with Crippen molar-refractivity contribution >= 4 is 5.91 Å². The largest absolute Gasteiger partial charge is 0.497 e. The number of ether oxygens (including phenoxy) is 1. The first-order valence-electron chi connectivity index (χ1n) is 8.28. The molecule has 22 heavy (non-hydrogen) atoms. The zero-order chi connectivity index (χ0) is 15.9. The second-order valence-electron chi connectivity index (χ2n) is 6.22. The summed E-state index contributed by atoms with van der Waals surface area (Å²) in [6.45, 7) is 7.10. The molecule has 4 nitrogen and oxygen atoms in total. The van der Waals surface area contributed by atoms with Crippen molar-refractivity contribution in [2.45, 2.75) is 45.7 Å². The average Bonchev–Trinajstić information content (AvgIpc) is 2.56. The lowest BCUT2D eigenvalue weighted by Crippen LogP contribution is -2.42. The van der Waals surface area contributed by atoms with Crippen LogP contribution < -0.4 is 10.1 Å². The molecule has 0 aromatic heterocycles. The number of rotatable bonds is 6. The summed E-state index contributed by atoms with van der Waals surface area (Å²) in [5.41, 5.74) is 1.29. The summed E-state index contributed by atoms with van der Waals surface area (Å²) in [6.07, 6.45) is 2.90. The van der Waals surface area contributed by atoms with Gasteiger partial charge in [-0.15, -0.1) is 0 Å². The van der Waals surface area contributed by atoms with Gasteiger partial charge in [0.2, 0.25) is 5.91 Å². The number of hydrogen-bond donors (Lipinski definition) is 1. The SMILES string of the molecule is CC[C@@H](C)NC(=O)C1CCN(Cc2ccc(OC)cc2)CC1. The lowest BCUT2D eigenvalue weighted by molar-refractivity contribution is -0.127. The highest BCUT2D eigenvalue weighted by Gasteiger charge is 2.25. The minimum Gasteiger partial charge on any atom is -0.497 e. The Kier molecular flexibility index (Phi) is 6.25. The predicted octanol–water partition coefficient (Wildman–Crippen LogP) is 2.82. The number of benzene rings is 1. The number of methoxy groups -OCH3 is 1. The number of nitrogens with zero attached hydrogens (tertiary/aromatic N) is 1. The summed E-state index contributed by atoms with van der Waals surface area (Å²) in [4.78, 5) is 14.6. The fourth-order valence-electron chi connectivity index (χ4n) is 2.81. The summed E-state index contributed by atoms with van der Waals surface area (Å²) in [7, 11) is 1.68. The minimum atomic E-state index is 0.182. The molecule has 1 aromatic rings. The van der Waals surface area contributed by atoms with E-state index in [1.165, 1.54) is 5.56 Å². The third kappa shape index (κ3) is 4.73. The molecule has 1 N–H and O–H groups in total. The van der Waals surface area contributed by atoms with Crippen LogP contribution in [0.3, 0.4) is 0 Å². The second-order valence-corrected chi connectivity index (χ2v) is 6.22. The number of likely N-dealkylation sites (tertiary alicyclic amines) is 1. The predicted molar refractivity (Wildman–Crippen MR) is 88.9 cm³/mol. The van der Waals surface area contributed by atoms with Crippen molar-refractivity contribution in [1.82, 2.24) is 10.2 Å². The molecular formula is C18H28N2O2. The number of nitrogens with one attached hydrogen (secondary N) is 1. The van der Waals surface area contributed by atoms with Crippen molar-refractivity contribution in [1.29, 1.82) is 0 Å². The van der Waals surface area contributed by atoms with Crippen LogP contribution in [0.25, 0.3) is 0 Å². The fraction of sp³-hybridized carbons (Fsp3) is 0.611.